The Bertz CT molecular complexity index is 327. The quantitative estimate of drug-likeness (QED) is 0.302. The molecule has 20 heavy (non-hydrogen) atoms. The van der Waals surface area contributed by atoms with E-state index in [1.165, 1.54) is 6.92 Å². The summed E-state index contributed by atoms with van der Waals surface area (Å²) in [7, 11) is 0. The average Bonchev–Trinajstić information content (AvgIpc) is 2.41. The monoisotopic (exact) mass is 296 g/mol. The molecule has 2 heterocycles. The van der Waals surface area contributed by atoms with Crippen molar-refractivity contribution in [3.63, 3.8) is 0 Å². The minimum atomic E-state index is -1.56. The van der Waals surface area contributed by atoms with E-state index >= 15 is 0 Å². The van der Waals surface area contributed by atoms with Gasteiger partial charge < -0.3 is 44.8 Å². The summed E-state index contributed by atoms with van der Waals surface area (Å²) in [5.74, 6) is 0. The zero-order valence-electron chi connectivity index (χ0n) is 10.8. The molecule has 0 amide bonds. The summed E-state index contributed by atoms with van der Waals surface area (Å²) < 4.78 is 15.3. The lowest BCUT2D eigenvalue weighted by Gasteiger charge is -2.43. The van der Waals surface area contributed by atoms with Crippen molar-refractivity contribution in [1.29, 1.82) is 0 Å². The van der Waals surface area contributed by atoms with Crippen LogP contribution in [0.4, 0.5) is 0 Å². The van der Waals surface area contributed by atoms with Crippen LogP contribution in [0.1, 0.15) is 6.92 Å². The van der Waals surface area contributed by atoms with Gasteiger partial charge >= 0.3 is 0 Å². The highest BCUT2D eigenvalue weighted by molar-refractivity contribution is 4.90. The summed E-state index contributed by atoms with van der Waals surface area (Å²) in [6.07, 6.45) is -11.9. The second kappa shape index (κ2) is 6.18. The van der Waals surface area contributed by atoms with E-state index in [1.54, 1.807) is 0 Å². The molecule has 0 saturated carbocycles. The van der Waals surface area contributed by atoms with Crippen molar-refractivity contribution in [2.75, 3.05) is 6.61 Å². The van der Waals surface area contributed by atoms with E-state index in [0.717, 1.165) is 0 Å². The fourth-order valence-electron chi connectivity index (χ4n) is 2.26. The van der Waals surface area contributed by atoms with Crippen LogP contribution in [-0.4, -0.2) is 92.6 Å². The highest BCUT2D eigenvalue weighted by Crippen LogP contribution is 2.26. The molecule has 0 radical (unpaired) electrons. The van der Waals surface area contributed by atoms with Gasteiger partial charge in [0.2, 0.25) is 0 Å². The van der Waals surface area contributed by atoms with Crippen molar-refractivity contribution in [2.45, 2.75) is 62.2 Å². The van der Waals surface area contributed by atoms with E-state index < -0.39 is 55.3 Å². The van der Waals surface area contributed by atoms with Gasteiger partial charge in [-0.2, -0.15) is 0 Å². The molecule has 2 fully saturated rings. The number of rotatable bonds is 2. The molecule has 2 saturated heterocycles. The lowest BCUT2D eigenvalue weighted by atomic mass is 9.99. The predicted molar refractivity (Wildman–Crippen MR) is 61.2 cm³/mol. The zero-order valence-corrected chi connectivity index (χ0v) is 10.8. The van der Waals surface area contributed by atoms with Crippen molar-refractivity contribution in [2.24, 2.45) is 0 Å². The molecule has 0 aromatic rings. The minimum absolute atomic E-state index is 0.244. The molecule has 0 aromatic heterocycles. The Morgan fingerprint density at radius 2 is 1.55 bits per heavy atom. The summed E-state index contributed by atoms with van der Waals surface area (Å²) in [5, 5.41) is 57.3. The van der Waals surface area contributed by atoms with Crippen molar-refractivity contribution in [3.8, 4) is 0 Å². The number of hydrogen-bond donors (Lipinski definition) is 6. The highest BCUT2D eigenvalue weighted by atomic mass is 16.7. The van der Waals surface area contributed by atoms with Gasteiger partial charge in [0, 0.05) is 0 Å². The molecular weight excluding hydrogens is 276 g/mol. The fraction of sp³-hybridized carbons (Fsp3) is 1.00. The first-order chi connectivity index (χ1) is 9.32. The van der Waals surface area contributed by atoms with Gasteiger partial charge in [0.1, 0.15) is 36.6 Å². The lowest BCUT2D eigenvalue weighted by molar-refractivity contribution is -0.337. The molecular formula is C11H20O9. The number of aliphatic hydroxyl groups excluding tert-OH is 6. The van der Waals surface area contributed by atoms with E-state index in [0.29, 0.717) is 0 Å². The first-order valence-electron chi connectivity index (χ1n) is 6.34. The summed E-state index contributed by atoms with van der Waals surface area (Å²) in [6, 6.07) is 0. The molecule has 0 bridgehead atoms. The Morgan fingerprint density at radius 1 is 0.900 bits per heavy atom. The molecule has 9 nitrogen and oxygen atoms in total. The maximum absolute atomic E-state index is 9.85. The zero-order chi connectivity index (χ0) is 15.0. The first-order valence-corrected chi connectivity index (χ1v) is 6.34. The van der Waals surface area contributed by atoms with Crippen molar-refractivity contribution >= 4 is 0 Å². The molecule has 0 aromatic carbocycles. The Hall–Kier alpha value is -0.360. The van der Waals surface area contributed by atoms with Crippen molar-refractivity contribution in [3.05, 3.63) is 0 Å². The number of aliphatic hydroxyl groups is 6. The van der Waals surface area contributed by atoms with Crippen LogP contribution in [-0.2, 0) is 14.2 Å². The van der Waals surface area contributed by atoms with Crippen LogP contribution < -0.4 is 0 Å². The van der Waals surface area contributed by atoms with Gasteiger partial charge in [0.25, 0.3) is 0 Å². The molecule has 2 aliphatic heterocycles. The third-order valence-corrected chi connectivity index (χ3v) is 3.54. The second-order valence-electron chi connectivity index (χ2n) is 5.06. The van der Waals surface area contributed by atoms with Crippen LogP contribution in [0.5, 0.6) is 0 Å². The van der Waals surface area contributed by atoms with Gasteiger partial charge in [-0.25, -0.2) is 0 Å². The Morgan fingerprint density at radius 3 is 2.20 bits per heavy atom. The van der Waals surface area contributed by atoms with Crippen LogP contribution in [0.25, 0.3) is 0 Å². The van der Waals surface area contributed by atoms with E-state index in [-0.39, 0.29) is 6.61 Å². The smallest absolute Gasteiger partial charge is 0.186 e. The topological polar surface area (TPSA) is 149 Å². The third-order valence-electron chi connectivity index (χ3n) is 3.54. The average molecular weight is 296 g/mol. The van der Waals surface area contributed by atoms with E-state index in [9.17, 15) is 30.6 Å². The summed E-state index contributed by atoms with van der Waals surface area (Å²) in [5.41, 5.74) is 0. The fourth-order valence-corrected chi connectivity index (χ4v) is 2.26. The van der Waals surface area contributed by atoms with Crippen molar-refractivity contribution in [1.82, 2.24) is 0 Å². The van der Waals surface area contributed by atoms with Crippen LogP contribution in [0.2, 0.25) is 0 Å². The van der Waals surface area contributed by atoms with Gasteiger partial charge in [0.15, 0.2) is 12.6 Å². The normalized spacial score (nSPS) is 53.9. The largest absolute Gasteiger partial charge is 0.388 e. The number of ether oxygens (including phenoxy) is 3. The first kappa shape index (κ1) is 16.0. The Kier molecular flexibility index (Phi) is 4.95. The summed E-state index contributed by atoms with van der Waals surface area (Å²) in [4.78, 5) is 0. The Labute approximate surface area is 114 Å². The van der Waals surface area contributed by atoms with Crippen molar-refractivity contribution < 1.29 is 44.8 Å². The van der Waals surface area contributed by atoms with Gasteiger partial charge in [-0.05, 0) is 6.92 Å². The highest BCUT2D eigenvalue weighted by Gasteiger charge is 2.46. The lowest BCUT2D eigenvalue weighted by Crippen LogP contribution is -2.61. The summed E-state index contributed by atoms with van der Waals surface area (Å²) >= 11 is 0. The van der Waals surface area contributed by atoms with Gasteiger partial charge in [0.05, 0.1) is 12.7 Å². The van der Waals surface area contributed by atoms with E-state index in [2.05, 4.69) is 0 Å². The standard InChI is InChI=1S/C11H20O9/c1-3-9(6(14)7(15)10(17)19-3)20-11-8(16)5(13)4(12)2-18-11/h3-17H,2H2,1H3/t3-,4-,5-,6-,7+,8+,9-,10+,11-/m0/s1. The Balaban J connectivity index is 2.01. The molecule has 6 N–H and O–H groups in total. The van der Waals surface area contributed by atoms with E-state index in [4.69, 9.17) is 14.2 Å². The SMILES string of the molecule is C[C@@H]1O[C@@H](O)[C@H](O)[C@H](O)[C@H]1O[C@@H]1OC[C@H](O)[C@H](O)[C@H]1O. The van der Waals surface area contributed by atoms with Crippen LogP contribution >= 0.6 is 0 Å². The molecule has 0 spiro atoms. The number of hydrogen-bond acceptors (Lipinski definition) is 9. The second-order valence-corrected chi connectivity index (χ2v) is 5.06. The van der Waals surface area contributed by atoms with Gasteiger partial charge in [-0.15, -0.1) is 0 Å². The maximum Gasteiger partial charge on any atom is 0.186 e. The molecule has 2 rings (SSSR count). The van der Waals surface area contributed by atoms with Crippen LogP contribution in [0.15, 0.2) is 0 Å². The minimum Gasteiger partial charge on any atom is -0.388 e. The molecule has 9 heteroatoms. The molecule has 2 aliphatic rings. The third kappa shape index (κ3) is 2.96. The van der Waals surface area contributed by atoms with Crippen LogP contribution in [0, 0.1) is 0 Å². The van der Waals surface area contributed by atoms with Gasteiger partial charge in [-0.3, -0.25) is 0 Å². The molecule has 0 aliphatic carbocycles. The molecule has 118 valence electrons. The molecule has 0 unspecified atom stereocenters. The van der Waals surface area contributed by atoms with Crippen LogP contribution in [0.3, 0.4) is 0 Å². The maximum atomic E-state index is 9.85. The van der Waals surface area contributed by atoms with E-state index in [1.807, 2.05) is 0 Å². The summed E-state index contributed by atoms with van der Waals surface area (Å²) in [6.45, 7) is 1.26. The van der Waals surface area contributed by atoms with Gasteiger partial charge in [-0.1, -0.05) is 0 Å². The molecule has 9 atom stereocenters. The predicted octanol–water partition coefficient (Wildman–Crippen LogP) is -3.73.